The summed E-state index contributed by atoms with van der Waals surface area (Å²) in [4.78, 5) is 27.8. The van der Waals surface area contributed by atoms with Crippen molar-refractivity contribution in [3.63, 3.8) is 0 Å². The van der Waals surface area contributed by atoms with Crippen LogP contribution in [0.25, 0.3) is 0 Å². The summed E-state index contributed by atoms with van der Waals surface area (Å²) in [5, 5.41) is 5.36. The van der Waals surface area contributed by atoms with E-state index >= 15 is 0 Å². The number of halogens is 1. The summed E-state index contributed by atoms with van der Waals surface area (Å²) in [5.74, 6) is 0.582. The molecule has 0 aromatic heterocycles. The Morgan fingerprint density at radius 1 is 1.03 bits per heavy atom. The highest BCUT2D eigenvalue weighted by atomic mass is 19.1. The number of carbonyl (C=O) groups is 2. The van der Waals surface area contributed by atoms with Gasteiger partial charge in [-0.15, -0.1) is 0 Å². The highest BCUT2D eigenvalue weighted by Crippen LogP contribution is 2.30. The van der Waals surface area contributed by atoms with E-state index in [4.69, 9.17) is 5.73 Å². The van der Waals surface area contributed by atoms with Crippen LogP contribution in [0.5, 0.6) is 0 Å². The molecule has 8 heteroatoms. The first-order valence-corrected chi connectivity index (χ1v) is 11.6. The minimum atomic E-state index is -0.508. The molecule has 0 bridgehead atoms. The van der Waals surface area contributed by atoms with E-state index in [9.17, 15) is 14.0 Å². The van der Waals surface area contributed by atoms with Crippen LogP contribution >= 0.6 is 0 Å². The minimum absolute atomic E-state index is 0.257. The number of nitrogens with two attached hydrogens (primary N) is 1. The van der Waals surface area contributed by atoms with Crippen LogP contribution < -0.4 is 21.3 Å². The van der Waals surface area contributed by atoms with Crippen LogP contribution in [0.1, 0.15) is 38.5 Å². The number of rotatable bonds is 6. The second-order valence-corrected chi connectivity index (χ2v) is 9.22. The number of piperidine rings is 1. The number of piperazine rings is 1. The lowest BCUT2D eigenvalue weighted by molar-refractivity contribution is -0.133. The van der Waals surface area contributed by atoms with Crippen LogP contribution in [0.15, 0.2) is 18.2 Å². The second kappa shape index (κ2) is 9.96. The zero-order valence-corrected chi connectivity index (χ0v) is 18.1. The van der Waals surface area contributed by atoms with Gasteiger partial charge in [0.2, 0.25) is 11.8 Å². The van der Waals surface area contributed by atoms with Gasteiger partial charge in [-0.3, -0.25) is 19.8 Å². The Bertz CT molecular complexity index is 788. The maximum Gasteiger partial charge on any atom is 0.249 e. The number of carbonyl (C=O) groups excluding carboxylic acids is 2. The molecule has 31 heavy (non-hydrogen) atoms. The molecule has 3 fully saturated rings. The van der Waals surface area contributed by atoms with Gasteiger partial charge < -0.3 is 16.0 Å². The largest absolute Gasteiger partial charge is 0.374 e. The average molecular weight is 432 g/mol. The third-order valence-electron chi connectivity index (χ3n) is 7.06. The van der Waals surface area contributed by atoms with Gasteiger partial charge in [-0.1, -0.05) is 0 Å². The maximum atomic E-state index is 14.8. The van der Waals surface area contributed by atoms with Crippen molar-refractivity contribution >= 4 is 23.2 Å². The molecule has 1 aromatic rings. The molecule has 2 saturated heterocycles. The summed E-state index contributed by atoms with van der Waals surface area (Å²) in [7, 11) is 0. The molecule has 7 nitrogen and oxygen atoms in total. The predicted octanol–water partition coefficient (Wildman–Crippen LogP) is 1.93. The first-order valence-electron chi connectivity index (χ1n) is 11.6. The molecule has 0 spiro atoms. The van der Waals surface area contributed by atoms with Crippen molar-refractivity contribution in [2.24, 2.45) is 17.6 Å². The molecule has 1 unspecified atom stereocenters. The van der Waals surface area contributed by atoms with Crippen LogP contribution in [-0.4, -0.2) is 62.0 Å². The topological polar surface area (TPSA) is 90.7 Å². The van der Waals surface area contributed by atoms with Crippen molar-refractivity contribution in [2.75, 3.05) is 49.5 Å². The van der Waals surface area contributed by atoms with E-state index in [1.165, 1.54) is 31.7 Å². The van der Waals surface area contributed by atoms with Gasteiger partial charge in [-0.25, -0.2) is 4.39 Å². The molecule has 3 aliphatic rings. The lowest BCUT2D eigenvalue weighted by Crippen LogP contribution is -2.48. The Morgan fingerprint density at radius 3 is 2.39 bits per heavy atom. The van der Waals surface area contributed by atoms with Crippen molar-refractivity contribution in [1.82, 2.24) is 10.2 Å². The second-order valence-electron chi connectivity index (χ2n) is 9.22. The smallest absolute Gasteiger partial charge is 0.249 e. The Hall–Kier alpha value is -2.19. The Kier molecular flexibility index (Phi) is 7.07. The summed E-state index contributed by atoms with van der Waals surface area (Å²) in [5.41, 5.74) is 6.97. The molecule has 2 aliphatic heterocycles. The summed E-state index contributed by atoms with van der Waals surface area (Å²) in [6, 6.07) is 4.53. The summed E-state index contributed by atoms with van der Waals surface area (Å²) < 4.78 is 14.8. The fraction of sp³-hybridized carbons (Fsp3) is 0.652. The summed E-state index contributed by atoms with van der Waals surface area (Å²) in [6.45, 7) is 5.49. The minimum Gasteiger partial charge on any atom is -0.374 e. The molecule has 2 heterocycles. The van der Waals surface area contributed by atoms with Crippen molar-refractivity contribution in [3.05, 3.63) is 24.0 Å². The van der Waals surface area contributed by atoms with Crippen LogP contribution in [0.2, 0.25) is 0 Å². The van der Waals surface area contributed by atoms with Gasteiger partial charge in [0, 0.05) is 44.8 Å². The van der Waals surface area contributed by atoms with Crippen LogP contribution in [0, 0.1) is 17.7 Å². The fourth-order valence-electron chi connectivity index (χ4n) is 5.07. The molecule has 1 saturated carbocycles. The highest BCUT2D eigenvalue weighted by molar-refractivity contribution is 6.01. The van der Waals surface area contributed by atoms with Crippen molar-refractivity contribution in [3.8, 4) is 0 Å². The van der Waals surface area contributed by atoms with Gasteiger partial charge in [0.15, 0.2) is 0 Å². The van der Waals surface area contributed by atoms with Gasteiger partial charge in [0.05, 0.1) is 5.69 Å². The van der Waals surface area contributed by atoms with Crippen molar-refractivity contribution in [1.29, 1.82) is 0 Å². The highest BCUT2D eigenvalue weighted by Gasteiger charge is 2.27. The van der Waals surface area contributed by atoms with Gasteiger partial charge in [0.25, 0.3) is 0 Å². The SMILES string of the molecule is NC[C@H]1CC[C@H](CN2CCN(c3ccc(NC4CCC(=O)NC4=O)cc3F)CC2)CC1. The first kappa shape index (κ1) is 22.0. The predicted molar refractivity (Wildman–Crippen MR) is 119 cm³/mol. The number of benzene rings is 1. The first-order chi connectivity index (χ1) is 15.0. The molecular formula is C23H34FN5O2. The standard InChI is InChI=1S/C23H34FN5O2/c24-19-13-18(26-20-6-8-22(30)27-23(20)31)5-7-21(19)29-11-9-28(10-12-29)15-17-3-1-16(14-25)2-4-17/h5,7,13,16-17,20,26H,1-4,6,8-12,14-15,25H2,(H,27,30,31)/t16-,17-,20?. The molecule has 1 atom stereocenters. The Balaban J connectivity index is 1.27. The van der Waals surface area contributed by atoms with Crippen LogP contribution in [-0.2, 0) is 9.59 Å². The normalized spacial score (nSPS) is 27.8. The van der Waals surface area contributed by atoms with Crippen LogP contribution in [0.4, 0.5) is 15.8 Å². The lowest BCUT2D eigenvalue weighted by atomic mass is 9.82. The maximum absolute atomic E-state index is 14.8. The molecule has 2 amide bonds. The Morgan fingerprint density at radius 2 is 1.74 bits per heavy atom. The molecular weight excluding hydrogens is 397 g/mol. The lowest BCUT2D eigenvalue weighted by Gasteiger charge is -2.39. The average Bonchev–Trinajstić information content (AvgIpc) is 2.77. The summed E-state index contributed by atoms with van der Waals surface area (Å²) in [6.07, 6.45) is 5.78. The molecule has 170 valence electrons. The van der Waals surface area contributed by atoms with E-state index in [0.717, 1.165) is 45.2 Å². The van der Waals surface area contributed by atoms with E-state index in [2.05, 4.69) is 20.4 Å². The van der Waals surface area contributed by atoms with Crippen molar-refractivity contribution < 1.29 is 14.0 Å². The zero-order valence-electron chi connectivity index (χ0n) is 18.1. The number of anilines is 2. The van der Waals surface area contributed by atoms with Gasteiger partial charge >= 0.3 is 0 Å². The zero-order chi connectivity index (χ0) is 21.8. The van der Waals surface area contributed by atoms with E-state index in [1.54, 1.807) is 6.07 Å². The van der Waals surface area contributed by atoms with Gasteiger partial charge in [-0.05, 0) is 68.7 Å². The number of hydrogen-bond donors (Lipinski definition) is 3. The van der Waals surface area contributed by atoms with E-state index in [0.29, 0.717) is 30.1 Å². The molecule has 0 radical (unpaired) electrons. The Labute approximate surface area is 183 Å². The quantitative estimate of drug-likeness (QED) is 0.597. The third-order valence-corrected chi connectivity index (χ3v) is 7.06. The van der Waals surface area contributed by atoms with Crippen molar-refractivity contribution in [2.45, 2.75) is 44.6 Å². The fourth-order valence-corrected chi connectivity index (χ4v) is 5.07. The number of amides is 2. The number of imide groups is 1. The van der Waals surface area contributed by atoms with E-state index < -0.39 is 6.04 Å². The summed E-state index contributed by atoms with van der Waals surface area (Å²) >= 11 is 0. The van der Waals surface area contributed by atoms with E-state index in [-0.39, 0.29) is 17.6 Å². The third kappa shape index (κ3) is 5.54. The molecule has 1 aliphatic carbocycles. The monoisotopic (exact) mass is 431 g/mol. The van der Waals surface area contributed by atoms with E-state index in [1.807, 2.05) is 6.07 Å². The molecule has 4 N–H and O–H groups in total. The molecule has 1 aromatic carbocycles. The number of nitrogens with zero attached hydrogens (tertiary/aromatic N) is 2. The number of hydrogen-bond acceptors (Lipinski definition) is 6. The van der Waals surface area contributed by atoms with Gasteiger partial charge in [0.1, 0.15) is 11.9 Å². The van der Waals surface area contributed by atoms with Crippen LogP contribution in [0.3, 0.4) is 0 Å². The molecule has 4 rings (SSSR count). The van der Waals surface area contributed by atoms with Gasteiger partial charge in [-0.2, -0.15) is 0 Å². The number of nitrogens with one attached hydrogen (secondary N) is 2.